The maximum atomic E-state index is 11.1. The zero-order valence-corrected chi connectivity index (χ0v) is 14.8. The molecule has 6 heteroatoms. The van der Waals surface area contributed by atoms with E-state index in [-0.39, 0.29) is 5.37 Å². The van der Waals surface area contributed by atoms with Crippen LogP contribution in [0.1, 0.15) is 16.5 Å². The van der Waals surface area contributed by atoms with E-state index in [0.717, 1.165) is 22.6 Å². The van der Waals surface area contributed by atoms with Crippen molar-refractivity contribution < 1.29 is 19.4 Å². The molecule has 2 atom stereocenters. The van der Waals surface area contributed by atoms with E-state index in [9.17, 15) is 4.79 Å². The van der Waals surface area contributed by atoms with Crippen molar-refractivity contribution in [2.45, 2.75) is 18.3 Å². The van der Waals surface area contributed by atoms with Gasteiger partial charge in [-0.3, -0.25) is 10.1 Å². The highest BCUT2D eigenvalue weighted by Gasteiger charge is 2.31. The molecule has 0 radical (unpaired) electrons. The molecule has 5 nitrogen and oxygen atoms in total. The van der Waals surface area contributed by atoms with E-state index < -0.39 is 12.0 Å². The standard InChI is InChI=1S/C19H21NO4S/c1-13-6-2-4-8-16(13)23-10-11-24-17-9-5-3-7-14(17)18-20-15(12-25-18)19(21)22/h2-9,15,18,20H,10-12H2,1H3,(H,21,22). The SMILES string of the molecule is Cc1ccccc1OCCOc1ccccc1C1NC(C(=O)O)CS1. The lowest BCUT2D eigenvalue weighted by Crippen LogP contribution is -2.33. The summed E-state index contributed by atoms with van der Waals surface area (Å²) in [5.74, 6) is 1.34. The Labute approximate surface area is 151 Å². The number of aryl methyl sites for hydroxylation is 1. The van der Waals surface area contributed by atoms with Gasteiger partial charge in [0.2, 0.25) is 0 Å². The summed E-state index contributed by atoms with van der Waals surface area (Å²) in [4.78, 5) is 11.1. The second kappa shape index (κ2) is 8.27. The maximum Gasteiger partial charge on any atom is 0.321 e. The van der Waals surface area contributed by atoms with Gasteiger partial charge in [-0.25, -0.2) is 0 Å². The van der Waals surface area contributed by atoms with E-state index in [1.165, 1.54) is 0 Å². The minimum absolute atomic E-state index is 0.0745. The number of carboxylic acid groups (broad SMARTS) is 1. The molecule has 2 aromatic carbocycles. The van der Waals surface area contributed by atoms with Gasteiger partial charge < -0.3 is 14.6 Å². The van der Waals surface area contributed by atoms with Crippen LogP contribution in [0, 0.1) is 6.92 Å². The Morgan fingerprint density at radius 2 is 1.76 bits per heavy atom. The largest absolute Gasteiger partial charge is 0.490 e. The molecule has 1 aliphatic heterocycles. The van der Waals surface area contributed by atoms with Crippen molar-refractivity contribution in [3.8, 4) is 11.5 Å². The third-order valence-corrected chi connectivity index (χ3v) is 5.22. The Bertz CT molecular complexity index is 737. The lowest BCUT2D eigenvalue weighted by Gasteiger charge is -2.17. The monoisotopic (exact) mass is 359 g/mol. The fourth-order valence-corrected chi connectivity index (χ4v) is 3.90. The Kier molecular flexibility index (Phi) is 5.83. The lowest BCUT2D eigenvalue weighted by molar-refractivity contribution is -0.138. The Morgan fingerprint density at radius 3 is 2.44 bits per heavy atom. The van der Waals surface area contributed by atoms with Crippen LogP contribution in [-0.2, 0) is 4.79 Å². The number of hydrogen-bond donors (Lipinski definition) is 2. The van der Waals surface area contributed by atoms with Crippen molar-refractivity contribution in [1.82, 2.24) is 5.32 Å². The molecule has 1 heterocycles. The van der Waals surface area contributed by atoms with Crippen LogP contribution in [-0.4, -0.2) is 36.1 Å². The number of ether oxygens (including phenoxy) is 2. The third-order valence-electron chi connectivity index (χ3n) is 3.97. The maximum absolute atomic E-state index is 11.1. The lowest BCUT2D eigenvalue weighted by atomic mass is 10.2. The highest BCUT2D eigenvalue weighted by atomic mass is 32.2. The number of aliphatic carboxylic acids is 1. The first-order valence-electron chi connectivity index (χ1n) is 8.16. The Balaban J connectivity index is 1.56. The van der Waals surface area contributed by atoms with Crippen LogP contribution >= 0.6 is 11.8 Å². The smallest absolute Gasteiger partial charge is 0.321 e. The van der Waals surface area contributed by atoms with Gasteiger partial charge >= 0.3 is 5.97 Å². The molecule has 1 fully saturated rings. The molecule has 0 spiro atoms. The number of nitrogens with one attached hydrogen (secondary N) is 1. The van der Waals surface area contributed by atoms with Gasteiger partial charge in [0.25, 0.3) is 0 Å². The summed E-state index contributed by atoms with van der Waals surface area (Å²) in [6.45, 7) is 2.88. The minimum atomic E-state index is -0.819. The van der Waals surface area contributed by atoms with E-state index in [1.807, 2.05) is 55.5 Å². The molecule has 1 aliphatic rings. The summed E-state index contributed by atoms with van der Waals surface area (Å²) in [5, 5.41) is 12.2. The summed E-state index contributed by atoms with van der Waals surface area (Å²) >= 11 is 1.58. The predicted molar refractivity (Wildman–Crippen MR) is 98.4 cm³/mol. The molecule has 0 aromatic heterocycles. The van der Waals surface area contributed by atoms with Gasteiger partial charge in [0.15, 0.2) is 0 Å². The van der Waals surface area contributed by atoms with Gasteiger partial charge in [0, 0.05) is 11.3 Å². The van der Waals surface area contributed by atoms with Gasteiger partial charge in [0.05, 0.1) is 5.37 Å². The number of hydrogen-bond acceptors (Lipinski definition) is 5. The van der Waals surface area contributed by atoms with Gasteiger partial charge in [-0.15, -0.1) is 11.8 Å². The van der Waals surface area contributed by atoms with E-state index in [0.29, 0.717) is 19.0 Å². The first kappa shape index (κ1) is 17.6. The number of para-hydroxylation sites is 2. The molecule has 2 N–H and O–H groups in total. The third kappa shape index (κ3) is 4.46. The van der Waals surface area contributed by atoms with E-state index in [2.05, 4.69) is 5.32 Å². The Morgan fingerprint density at radius 1 is 1.12 bits per heavy atom. The van der Waals surface area contributed by atoms with Crippen LogP contribution in [0.15, 0.2) is 48.5 Å². The molecule has 0 amide bonds. The molecule has 0 bridgehead atoms. The van der Waals surface area contributed by atoms with Crippen molar-refractivity contribution in [2.75, 3.05) is 19.0 Å². The van der Waals surface area contributed by atoms with Crippen molar-refractivity contribution in [1.29, 1.82) is 0 Å². The van der Waals surface area contributed by atoms with Crippen LogP contribution in [0.3, 0.4) is 0 Å². The van der Waals surface area contributed by atoms with Crippen molar-refractivity contribution in [3.63, 3.8) is 0 Å². The molecule has 0 aliphatic carbocycles. The average molecular weight is 359 g/mol. The molecule has 1 saturated heterocycles. The van der Waals surface area contributed by atoms with Crippen LogP contribution in [0.25, 0.3) is 0 Å². The summed E-state index contributed by atoms with van der Waals surface area (Å²) in [5.41, 5.74) is 2.06. The fraction of sp³-hybridized carbons (Fsp3) is 0.316. The number of benzene rings is 2. The van der Waals surface area contributed by atoms with Gasteiger partial charge in [-0.2, -0.15) is 0 Å². The minimum Gasteiger partial charge on any atom is -0.490 e. The van der Waals surface area contributed by atoms with Crippen molar-refractivity contribution >= 4 is 17.7 Å². The van der Waals surface area contributed by atoms with Gasteiger partial charge in [0.1, 0.15) is 30.8 Å². The normalized spacial score (nSPS) is 19.6. The van der Waals surface area contributed by atoms with Crippen LogP contribution in [0.5, 0.6) is 11.5 Å². The molecule has 0 saturated carbocycles. The predicted octanol–water partition coefficient (Wildman–Crippen LogP) is 3.24. The zero-order chi connectivity index (χ0) is 17.6. The van der Waals surface area contributed by atoms with E-state index >= 15 is 0 Å². The second-order valence-electron chi connectivity index (χ2n) is 5.77. The summed E-state index contributed by atoms with van der Waals surface area (Å²) < 4.78 is 11.6. The highest BCUT2D eigenvalue weighted by molar-refractivity contribution is 7.99. The number of rotatable bonds is 7. The number of carbonyl (C=O) groups is 1. The first-order valence-corrected chi connectivity index (χ1v) is 9.20. The summed E-state index contributed by atoms with van der Waals surface area (Å²) in [6.07, 6.45) is 0. The Hall–Kier alpha value is -2.18. The van der Waals surface area contributed by atoms with Gasteiger partial charge in [-0.05, 0) is 24.6 Å². The average Bonchev–Trinajstić information content (AvgIpc) is 3.11. The molecule has 2 unspecified atom stereocenters. The molecule has 3 rings (SSSR count). The summed E-state index contributed by atoms with van der Waals surface area (Å²) in [6, 6.07) is 15.1. The number of carboxylic acids is 1. The first-order chi connectivity index (χ1) is 12.1. The second-order valence-corrected chi connectivity index (χ2v) is 6.91. The molecular formula is C19H21NO4S. The van der Waals surface area contributed by atoms with Crippen molar-refractivity contribution in [2.24, 2.45) is 0 Å². The van der Waals surface area contributed by atoms with E-state index in [1.54, 1.807) is 11.8 Å². The molecule has 2 aromatic rings. The fourth-order valence-electron chi connectivity index (χ4n) is 2.64. The van der Waals surface area contributed by atoms with Crippen molar-refractivity contribution in [3.05, 3.63) is 59.7 Å². The van der Waals surface area contributed by atoms with Gasteiger partial charge in [-0.1, -0.05) is 36.4 Å². The van der Waals surface area contributed by atoms with Crippen LogP contribution in [0.4, 0.5) is 0 Å². The molecular weight excluding hydrogens is 338 g/mol. The van der Waals surface area contributed by atoms with Crippen LogP contribution in [0.2, 0.25) is 0 Å². The van der Waals surface area contributed by atoms with E-state index in [4.69, 9.17) is 14.6 Å². The number of thioether (sulfide) groups is 1. The molecule has 25 heavy (non-hydrogen) atoms. The molecule has 132 valence electrons. The topological polar surface area (TPSA) is 67.8 Å². The van der Waals surface area contributed by atoms with Crippen LogP contribution < -0.4 is 14.8 Å². The zero-order valence-electron chi connectivity index (χ0n) is 14.0. The quantitative estimate of drug-likeness (QED) is 0.740. The summed E-state index contributed by atoms with van der Waals surface area (Å²) in [7, 11) is 0. The highest BCUT2D eigenvalue weighted by Crippen LogP contribution is 2.37.